The van der Waals surface area contributed by atoms with Gasteiger partial charge in [0.25, 0.3) is 0 Å². The van der Waals surface area contributed by atoms with Crippen LogP contribution in [0.1, 0.15) is 67.0 Å². The molecule has 1 aliphatic carbocycles. The van der Waals surface area contributed by atoms with Crippen LogP contribution in [-0.4, -0.2) is 28.6 Å². The molecule has 0 bridgehead atoms. The smallest absolute Gasteiger partial charge is 0.302 e. The second kappa shape index (κ2) is 13.5. The minimum atomic E-state index is -0.235. The van der Waals surface area contributed by atoms with Gasteiger partial charge in [0, 0.05) is 29.7 Å². The number of halogens is 1. The summed E-state index contributed by atoms with van der Waals surface area (Å²) < 4.78 is 5.49. The molecule has 40 heavy (non-hydrogen) atoms. The first-order valence-corrected chi connectivity index (χ1v) is 15.6. The molecule has 1 saturated carbocycles. The SMILES string of the molecule is CC(=O)OC(C)Cc1ccccc1C(CCSCC1CC1)c1cccc(/C=C/c2ccc3ccc(Cl)cc3n2)c1. The van der Waals surface area contributed by atoms with Gasteiger partial charge < -0.3 is 4.74 Å². The number of aromatic nitrogens is 1. The van der Waals surface area contributed by atoms with Crippen molar-refractivity contribution >= 4 is 52.4 Å². The standard InChI is InChI=1S/C35H36ClNO2S/c1-24(39-25(2)38)20-29-7-3-4-9-33(29)34(18-19-40-23-27-10-11-27)30-8-5-6-26(21-30)12-16-32-17-14-28-13-15-31(36)22-35(28)37-32/h3-9,12-17,21-22,24,27,34H,10-11,18-20,23H2,1-2H3/b16-12+. The van der Waals surface area contributed by atoms with Gasteiger partial charge in [-0.05, 0) is 90.1 Å². The third-order valence-electron chi connectivity index (χ3n) is 7.34. The van der Waals surface area contributed by atoms with Gasteiger partial charge in [-0.3, -0.25) is 4.79 Å². The fourth-order valence-electron chi connectivity index (χ4n) is 5.19. The van der Waals surface area contributed by atoms with Gasteiger partial charge in [-0.25, -0.2) is 4.98 Å². The van der Waals surface area contributed by atoms with Crippen molar-refractivity contribution in [2.45, 2.75) is 51.6 Å². The molecule has 4 aromatic rings. The largest absolute Gasteiger partial charge is 0.463 e. The maximum absolute atomic E-state index is 11.6. The van der Waals surface area contributed by atoms with Crippen molar-refractivity contribution in [2.24, 2.45) is 5.92 Å². The number of ether oxygens (including phenoxy) is 1. The Kier molecular flexibility index (Phi) is 9.62. The number of benzene rings is 3. The molecular formula is C35H36ClNO2S. The number of carbonyl (C=O) groups excluding carboxylic acids is 1. The number of pyridine rings is 1. The van der Waals surface area contributed by atoms with Crippen molar-refractivity contribution in [2.75, 3.05) is 11.5 Å². The van der Waals surface area contributed by atoms with E-state index in [1.807, 2.05) is 31.2 Å². The van der Waals surface area contributed by atoms with E-state index in [1.165, 1.54) is 42.2 Å². The maximum Gasteiger partial charge on any atom is 0.302 e. The minimum absolute atomic E-state index is 0.165. The highest BCUT2D eigenvalue weighted by molar-refractivity contribution is 7.99. The van der Waals surface area contributed by atoms with Gasteiger partial charge in [0.15, 0.2) is 0 Å². The molecule has 2 atom stereocenters. The zero-order chi connectivity index (χ0) is 27.9. The van der Waals surface area contributed by atoms with Crippen LogP contribution in [0.2, 0.25) is 5.02 Å². The van der Waals surface area contributed by atoms with E-state index in [1.54, 1.807) is 0 Å². The van der Waals surface area contributed by atoms with Crippen molar-refractivity contribution in [1.82, 2.24) is 4.98 Å². The van der Waals surface area contributed by atoms with E-state index in [4.69, 9.17) is 21.3 Å². The van der Waals surface area contributed by atoms with E-state index < -0.39 is 0 Å². The van der Waals surface area contributed by atoms with Gasteiger partial charge in [0.1, 0.15) is 6.10 Å². The molecule has 3 aromatic carbocycles. The van der Waals surface area contributed by atoms with E-state index in [0.717, 1.165) is 40.3 Å². The Bertz CT molecular complexity index is 1500. The quantitative estimate of drug-likeness (QED) is 0.126. The summed E-state index contributed by atoms with van der Waals surface area (Å²) in [7, 11) is 0. The molecular weight excluding hydrogens is 534 g/mol. The van der Waals surface area contributed by atoms with Crippen molar-refractivity contribution in [3.05, 3.63) is 112 Å². The fraction of sp³-hybridized carbons (Fsp3) is 0.314. The number of nitrogens with zero attached hydrogens (tertiary/aromatic N) is 1. The Balaban J connectivity index is 1.40. The second-order valence-corrected chi connectivity index (χ2v) is 12.3. The van der Waals surface area contributed by atoms with Crippen molar-refractivity contribution in [3.8, 4) is 0 Å². The highest BCUT2D eigenvalue weighted by Gasteiger charge is 2.22. The van der Waals surface area contributed by atoms with Crippen LogP contribution in [0.3, 0.4) is 0 Å². The highest BCUT2D eigenvalue weighted by Crippen LogP contribution is 2.36. The summed E-state index contributed by atoms with van der Waals surface area (Å²) in [5, 5.41) is 1.77. The van der Waals surface area contributed by atoms with Crippen LogP contribution in [0.4, 0.5) is 0 Å². The van der Waals surface area contributed by atoms with Gasteiger partial charge >= 0.3 is 5.97 Å². The Morgan fingerprint density at radius 3 is 2.70 bits per heavy atom. The first-order valence-electron chi connectivity index (χ1n) is 14.1. The summed E-state index contributed by atoms with van der Waals surface area (Å²) in [6.45, 7) is 3.45. The van der Waals surface area contributed by atoms with Crippen LogP contribution in [0.5, 0.6) is 0 Å². The summed E-state index contributed by atoms with van der Waals surface area (Å²) in [6.07, 6.45) is 8.59. The van der Waals surface area contributed by atoms with Crippen LogP contribution >= 0.6 is 23.4 Å². The van der Waals surface area contributed by atoms with Crippen LogP contribution in [-0.2, 0) is 16.0 Å². The Morgan fingerprint density at radius 2 is 1.88 bits per heavy atom. The average molecular weight is 570 g/mol. The lowest BCUT2D eigenvalue weighted by Crippen LogP contribution is -2.17. The van der Waals surface area contributed by atoms with E-state index in [-0.39, 0.29) is 18.0 Å². The van der Waals surface area contributed by atoms with Gasteiger partial charge in [-0.2, -0.15) is 11.8 Å². The normalized spacial score (nSPS) is 14.9. The molecule has 0 aliphatic heterocycles. The van der Waals surface area contributed by atoms with E-state index in [9.17, 15) is 4.79 Å². The van der Waals surface area contributed by atoms with Crippen LogP contribution in [0, 0.1) is 5.92 Å². The zero-order valence-corrected chi connectivity index (χ0v) is 24.8. The topological polar surface area (TPSA) is 39.2 Å². The monoisotopic (exact) mass is 569 g/mol. The molecule has 2 unspecified atom stereocenters. The second-order valence-electron chi connectivity index (χ2n) is 10.8. The molecule has 0 spiro atoms. The molecule has 0 amide bonds. The molecule has 5 rings (SSSR count). The van der Waals surface area contributed by atoms with Gasteiger partial charge in [0.2, 0.25) is 0 Å². The number of esters is 1. The first kappa shape index (κ1) is 28.4. The van der Waals surface area contributed by atoms with Gasteiger partial charge in [0.05, 0.1) is 11.2 Å². The molecule has 1 heterocycles. The summed E-state index contributed by atoms with van der Waals surface area (Å²) in [4.78, 5) is 16.3. The molecule has 1 aromatic heterocycles. The van der Waals surface area contributed by atoms with Gasteiger partial charge in [-0.1, -0.05) is 78.3 Å². The Morgan fingerprint density at radius 1 is 1.05 bits per heavy atom. The molecule has 5 heteroatoms. The number of rotatable bonds is 12. The van der Waals surface area contributed by atoms with Crippen molar-refractivity contribution < 1.29 is 9.53 Å². The maximum atomic E-state index is 11.6. The lowest BCUT2D eigenvalue weighted by molar-refractivity contribution is -0.145. The molecule has 0 N–H and O–H groups in total. The third kappa shape index (κ3) is 7.99. The highest BCUT2D eigenvalue weighted by atomic mass is 35.5. The fourth-order valence-corrected chi connectivity index (χ4v) is 6.59. The Hall–Kier alpha value is -3.08. The lowest BCUT2D eigenvalue weighted by atomic mass is 9.84. The summed E-state index contributed by atoms with van der Waals surface area (Å²) in [5.74, 6) is 3.35. The lowest BCUT2D eigenvalue weighted by Gasteiger charge is -2.23. The Labute approximate surface area is 247 Å². The van der Waals surface area contributed by atoms with E-state index in [0.29, 0.717) is 11.4 Å². The van der Waals surface area contributed by atoms with E-state index >= 15 is 0 Å². The molecule has 1 fully saturated rings. The molecule has 1 aliphatic rings. The van der Waals surface area contributed by atoms with Crippen molar-refractivity contribution in [3.63, 3.8) is 0 Å². The summed E-state index contributed by atoms with van der Waals surface area (Å²) >= 11 is 8.27. The molecule has 3 nitrogen and oxygen atoms in total. The third-order valence-corrected chi connectivity index (χ3v) is 8.81. The first-order chi connectivity index (χ1) is 19.4. The number of hydrogen-bond donors (Lipinski definition) is 0. The van der Waals surface area contributed by atoms with Crippen LogP contribution in [0.25, 0.3) is 23.1 Å². The number of fused-ring (bicyclic) bond motifs is 1. The van der Waals surface area contributed by atoms with Crippen LogP contribution in [0.15, 0.2) is 78.9 Å². The molecule has 206 valence electrons. The number of hydrogen-bond acceptors (Lipinski definition) is 4. The zero-order valence-electron chi connectivity index (χ0n) is 23.2. The van der Waals surface area contributed by atoms with Crippen molar-refractivity contribution in [1.29, 1.82) is 0 Å². The predicted octanol–water partition coefficient (Wildman–Crippen LogP) is 9.22. The summed E-state index contributed by atoms with van der Waals surface area (Å²) in [5.41, 5.74) is 6.81. The molecule has 0 saturated heterocycles. The average Bonchev–Trinajstić information content (AvgIpc) is 3.76. The summed E-state index contributed by atoms with van der Waals surface area (Å²) in [6, 6.07) is 27.4. The number of thioether (sulfide) groups is 1. The predicted molar refractivity (Wildman–Crippen MR) is 170 cm³/mol. The van der Waals surface area contributed by atoms with Gasteiger partial charge in [-0.15, -0.1) is 0 Å². The number of carbonyl (C=O) groups is 1. The van der Waals surface area contributed by atoms with E-state index in [2.05, 4.69) is 78.5 Å². The minimum Gasteiger partial charge on any atom is -0.463 e. The van der Waals surface area contributed by atoms with Crippen LogP contribution < -0.4 is 0 Å². The molecule has 0 radical (unpaired) electrons.